The Kier molecular flexibility index (Phi) is 8.50. The molecule has 2 aromatic rings. The smallest absolute Gasteiger partial charge is 0.410 e. The third kappa shape index (κ3) is 7.02. The van der Waals surface area contributed by atoms with E-state index in [1.54, 1.807) is 24.4 Å². The first-order valence-electron chi connectivity index (χ1n) is 10.7. The molecule has 1 amide bonds. The minimum absolute atomic E-state index is 0.0933. The lowest BCUT2D eigenvalue weighted by atomic mass is 9.86. The number of aromatic nitrogens is 1. The number of carbonyl (C=O) groups is 2. The molecule has 1 aromatic carbocycles. The summed E-state index contributed by atoms with van der Waals surface area (Å²) in [7, 11) is -3.55. The number of thioether (sulfide) groups is 1. The molecule has 1 aromatic heterocycles. The van der Waals surface area contributed by atoms with Crippen LogP contribution in [-0.2, 0) is 26.2 Å². The molecule has 8 nitrogen and oxygen atoms in total. The number of hydrogen-bond donors (Lipinski definition) is 1. The van der Waals surface area contributed by atoms with Crippen molar-refractivity contribution in [1.82, 2.24) is 14.6 Å². The summed E-state index contributed by atoms with van der Waals surface area (Å²) >= 11 is 1.00. The number of likely N-dealkylation sites (tertiary alicyclic amines) is 1. The second-order valence-corrected chi connectivity index (χ2v) is 11.2. The van der Waals surface area contributed by atoms with Gasteiger partial charge in [0.2, 0.25) is 15.1 Å². The molecule has 1 fully saturated rings. The zero-order valence-corrected chi connectivity index (χ0v) is 20.5. The third-order valence-electron chi connectivity index (χ3n) is 5.46. The fourth-order valence-electron chi connectivity index (χ4n) is 4.06. The summed E-state index contributed by atoms with van der Waals surface area (Å²) in [6, 6.07) is 13.3. The first-order valence-corrected chi connectivity index (χ1v) is 13.4. The van der Waals surface area contributed by atoms with E-state index in [1.807, 2.05) is 44.2 Å². The Labute approximate surface area is 199 Å². The fraction of sp³-hybridized carbons (Fsp3) is 0.435. The van der Waals surface area contributed by atoms with Crippen LogP contribution in [0.5, 0.6) is 0 Å². The van der Waals surface area contributed by atoms with E-state index in [-0.39, 0.29) is 24.2 Å². The first-order chi connectivity index (χ1) is 15.7. The zero-order chi connectivity index (χ0) is 24.0. The van der Waals surface area contributed by atoms with E-state index >= 15 is 0 Å². The summed E-state index contributed by atoms with van der Waals surface area (Å²) in [6.07, 6.45) is 2.51. The number of nitrogens with zero attached hydrogens (tertiary/aromatic N) is 2. The Morgan fingerprint density at radius 3 is 2.48 bits per heavy atom. The molecule has 1 saturated heterocycles. The van der Waals surface area contributed by atoms with Crippen molar-refractivity contribution in [1.29, 1.82) is 0 Å². The summed E-state index contributed by atoms with van der Waals surface area (Å²) in [4.78, 5) is 32.1. The molecule has 0 radical (unpaired) electrons. The number of ether oxygens (including phenoxy) is 1. The minimum Gasteiger partial charge on any atom is -0.445 e. The van der Waals surface area contributed by atoms with Gasteiger partial charge in [0.15, 0.2) is 0 Å². The van der Waals surface area contributed by atoms with Gasteiger partial charge >= 0.3 is 6.09 Å². The molecule has 3 atom stereocenters. The Hall–Kier alpha value is -2.43. The van der Waals surface area contributed by atoms with Crippen LogP contribution in [-0.4, -0.2) is 54.4 Å². The topological polar surface area (TPSA) is 106 Å². The molecule has 10 heteroatoms. The summed E-state index contributed by atoms with van der Waals surface area (Å²) in [5, 5.41) is 0.383. The van der Waals surface area contributed by atoms with Gasteiger partial charge in [0, 0.05) is 18.8 Å². The molecular formula is C23H29N3O5S2. The van der Waals surface area contributed by atoms with Crippen LogP contribution in [0, 0.1) is 11.8 Å². The lowest BCUT2D eigenvalue weighted by Crippen LogP contribution is -2.53. The minimum atomic E-state index is -3.55. The maximum Gasteiger partial charge on any atom is 0.410 e. The molecule has 0 unspecified atom stereocenters. The average Bonchev–Trinajstić information content (AvgIpc) is 3.14. The molecule has 178 valence electrons. The van der Waals surface area contributed by atoms with Crippen molar-refractivity contribution in [2.24, 2.45) is 11.8 Å². The normalized spacial score (nSPS) is 19.5. The van der Waals surface area contributed by atoms with Crippen LogP contribution in [0.3, 0.4) is 0 Å². The molecule has 0 saturated carbocycles. The zero-order valence-electron chi connectivity index (χ0n) is 18.9. The van der Waals surface area contributed by atoms with Crippen molar-refractivity contribution >= 4 is 33.0 Å². The van der Waals surface area contributed by atoms with E-state index in [0.29, 0.717) is 11.4 Å². The van der Waals surface area contributed by atoms with Gasteiger partial charge in [0.05, 0.1) is 18.2 Å². The highest BCUT2D eigenvalue weighted by Gasteiger charge is 2.47. The molecule has 0 spiro atoms. The first kappa shape index (κ1) is 25.2. The van der Waals surface area contributed by atoms with Gasteiger partial charge in [-0.25, -0.2) is 22.9 Å². The molecule has 33 heavy (non-hydrogen) atoms. The number of carbonyl (C=O) groups excluding carboxylic acids is 2. The highest BCUT2D eigenvalue weighted by atomic mass is 32.2. The highest BCUT2D eigenvalue weighted by Crippen LogP contribution is 2.35. The molecule has 0 aliphatic carbocycles. The van der Waals surface area contributed by atoms with Crippen LogP contribution >= 0.6 is 11.8 Å². The van der Waals surface area contributed by atoms with Gasteiger partial charge in [-0.1, -0.05) is 50.2 Å². The summed E-state index contributed by atoms with van der Waals surface area (Å²) in [5.74, 6) is -0.770. The van der Waals surface area contributed by atoms with Gasteiger partial charge in [-0.3, -0.25) is 4.79 Å². The van der Waals surface area contributed by atoms with E-state index in [9.17, 15) is 18.0 Å². The van der Waals surface area contributed by atoms with E-state index in [0.717, 1.165) is 23.6 Å². The van der Waals surface area contributed by atoms with E-state index in [1.165, 1.54) is 4.90 Å². The van der Waals surface area contributed by atoms with Crippen LogP contribution in [0.15, 0.2) is 59.8 Å². The second-order valence-electron chi connectivity index (χ2n) is 8.37. The van der Waals surface area contributed by atoms with Gasteiger partial charge in [0.1, 0.15) is 11.6 Å². The predicted molar refractivity (Wildman–Crippen MR) is 127 cm³/mol. The number of rotatable bonds is 8. The van der Waals surface area contributed by atoms with Crippen molar-refractivity contribution in [2.75, 3.05) is 12.8 Å². The fourth-order valence-corrected chi connectivity index (χ4v) is 5.88. The van der Waals surface area contributed by atoms with E-state index < -0.39 is 34.1 Å². The quantitative estimate of drug-likeness (QED) is 0.565. The van der Waals surface area contributed by atoms with E-state index in [2.05, 4.69) is 9.71 Å². The van der Waals surface area contributed by atoms with Gasteiger partial charge in [0.25, 0.3) is 0 Å². The van der Waals surface area contributed by atoms with E-state index in [4.69, 9.17) is 4.74 Å². The predicted octanol–water partition coefficient (Wildman–Crippen LogP) is 3.30. The van der Waals surface area contributed by atoms with Gasteiger partial charge in [-0.2, -0.15) is 0 Å². The number of sulfonamides is 1. The number of hydrogen-bond acceptors (Lipinski definition) is 7. The average molecular weight is 492 g/mol. The van der Waals surface area contributed by atoms with Crippen molar-refractivity contribution in [3.05, 3.63) is 60.3 Å². The summed E-state index contributed by atoms with van der Waals surface area (Å²) < 4.78 is 32.2. The van der Waals surface area contributed by atoms with Gasteiger partial charge in [-0.15, -0.1) is 0 Å². The maximum absolute atomic E-state index is 13.4. The number of pyridine rings is 1. The molecular weight excluding hydrogens is 462 g/mol. The van der Waals surface area contributed by atoms with Gasteiger partial charge < -0.3 is 9.64 Å². The summed E-state index contributed by atoms with van der Waals surface area (Å²) in [6.45, 7) is 4.17. The van der Waals surface area contributed by atoms with Crippen molar-refractivity contribution < 1.29 is 22.7 Å². The van der Waals surface area contributed by atoms with Crippen molar-refractivity contribution in [2.45, 2.75) is 44.0 Å². The molecule has 1 aliphatic heterocycles. The summed E-state index contributed by atoms with van der Waals surface area (Å²) in [5.41, 5.74) is 0.842. The third-order valence-corrected chi connectivity index (χ3v) is 7.11. The Morgan fingerprint density at radius 1 is 1.18 bits per heavy atom. The largest absolute Gasteiger partial charge is 0.445 e. The maximum atomic E-state index is 13.4. The Balaban J connectivity index is 1.85. The Morgan fingerprint density at radius 2 is 1.88 bits per heavy atom. The van der Waals surface area contributed by atoms with Crippen LogP contribution in [0.4, 0.5) is 4.79 Å². The second kappa shape index (κ2) is 11.1. The molecule has 2 heterocycles. The molecule has 1 aliphatic rings. The number of amides is 1. The van der Waals surface area contributed by atoms with Crippen molar-refractivity contribution in [3.8, 4) is 0 Å². The highest BCUT2D eigenvalue weighted by molar-refractivity contribution is 8.13. The van der Waals surface area contributed by atoms with Crippen LogP contribution < -0.4 is 4.72 Å². The molecule has 0 bridgehead atoms. The van der Waals surface area contributed by atoms with Crippen molar-refractivity contribution in [3.63, 3.8) is 0 Å². The Bertz CT molecular complexity index is 1050. The number of benzene rings is 1. The number of nitrogens with one attached hydrogen (secondary N) is 1. The van der Waals surface area contributed by atoms with Gasteiger partial charge in [-0.05, 0) is 41.8 Å². The standard InChI is InChI=1S/C23H29N3O5S2/c1-16(2)20(22(27)32-19-11-7-8-13-24-19)21-18(25-33(3,29)30)12-14-26(21)23(28)31-15-17-9-5-4-6-10-17/h4-11,13,16,18,20-21,25H,12,14-15H2,1-3H3/t18-,20+,21-/m1/s1. The monoisotopic (exact) mass is 491 g/mol. The lowest BCUT2D eigenvalue weighted by Gasteiger charge is -2.35. The lowest BCUT2D eigenvalue weighted by molar-refractivity contribution is -0.117. The molecule has 1 N–H and O–H groups in total. The molecule has 3 rings (SSSR count). The SMILES string of the molecule is CC(C)[C@H](C(=O)Sc1ccccn1)[C@H]1[C@H](NS(C)(=O)=O)CCN1C(=O)OCc1ccccc1. The van der Waals surface area contributed by atoms with Crippen LogP contribution in [0.25, 0.3) is 0 Å². The van der Waals surface area contributed by atoms with Crippen LogP contribution in [0.2, 0.25) is 0 Å². The van der Waals surface area contributed by atoms with Crippen LogP contribution in [0.1, 0.15) is 25.8 Å².